The molecule has 2 aliphatic heterocycles. The van der Waals surface area contributed by atoms with E-state index in [1.165, 1.54) is 0 Å². The summed E-state index contributed by atoms with van der Waals surface area (Å²) >= 11 is 0. The number of aliphatic hydroxyl groups is 1. The lowest BCUT2D eigenvalue weighted by Crippen LogP contribution is -2.37. The molecule has 0 bridgehead atoms. The number of rotatable bonds is 5. The second-order valence-corrected chi connectivity index (χ2v) is 8.51. The van der Waals surface area contributed by atoms with Gasteiger partial charge in [-0.3, -0.25) is 9.59 Å². The van der Waals surface area contributed by atoms with E-state index in [0.29, 0.717) is 42.6 Å². The van der Waals surface area contributed by atoms with Crippen LogP contribution in [0.25, 0.3) is 5.76 Å². The zero-order valence-electron chi connectivity index (χ0n) is 18.6. The number of likely N-dealkylation sites (tertiary alicyclic amines) is 1. The van der Waals surface area contributed by atoms with Crippen LogP contribution in [0.15, 0.2) is 48.0 Å². The van der Waals surface area contributed by atoms with E-state index in [-0.39, 0.29) is 17.4 Å². The summed E-state index contributed by atoms with van der Waals surface area (Å²) in [6.45, 7) is 3.27. The van der Waals surface area contributed by atoms with Crippen molar-refractivity contribution in [3.8, 4) is 17.2 Å². The van der Waals surface area contributed by atoms with Crippen LogP contribution in [0.2, 0.25) is 0 Å². The Morgan fingerprint density at radius 1 is 1.06 bits per heavy atom. The number of ketones is 1. The molecule has 1 N–H and O–H groups in total. The van der Waals surface area contributed by atoms with Crippen LogP contribution in [0.4, 0.5) is 0 Å². The molecule has 1 atom stereocenters. The highest BCUT2D eigenvalue weighted by Gasteiger charge is 2.49. The van der Waals surface area contributed by atoms with Gasteiger partial charge in [0.25, 0.3) is 11.7 Å². The van der Waals surface area contributed by atoms with Crippen LogP contribution in [0.1, 0.15) is 49.8 Å². The van der Waals surface area contributed by atoms with Crippen LogP contribution in [0, 0.1) is 0 Å². The van der Waals surface area contributed by atoms with Gasteiger partial charge in [-0.2, -0.15) is 0 Å². The Hall–Kier alpha value is -3.48. The first-order valence-corrected chi connectivity index (χ1v) is 11.5. The number of fused-ring (bicyclic) bond motifs is 1. The van der Waals surface area contributed by atoms with Crippen LogP contribution in [0.5, 0.6) is 17.2 Å². The van der Waals surface area contributed by atoms with Gasteiger partial charge >= 0.3 is 0 Å². The van der Waals surface area contributed by atoms with Gasteiger partial charge in [-0.05, 0) is 55.7 Å². The number of aliphatic hydroxyl groups excluding tert-OH is 1. The quantitative estimate of drug-likeness (QED) is 0.418. The fourth-order valence-electron chi connectivity index (χ4n) is 5.02. The number of amides is 1. The van der Waals surface area contributed by atoms with Gasteiger partial charge in [0.05, 0.1) is 18.2 Å². The van der Waals surface area contributed by atoms with Crippen molar-refractivity contribution in [1.29, 1.82) is 0 Å². The predicted molar refractivity (Wildman–Crippen MR) is 121 cm³/mol. The van der Waals surface area contributed by atoms with Crippen molar-refractivity contribution in [3.05, 3.63) is 59.2 Å². The lowest BCUT2D eigenvalue weighted by atomic mass is 9.94. The number of Topliss-reactive ketones (excluding diaryl/α,β-unsaturated/α-hetero) is 1. The molecule has 7 nitrogen and oxygen atoms in total. The topological polar surface area (TPSA) is 85.3 Å². The highest BCUT2D eigenvalue weighted by atomic mass is 16.6. The number of carbonyl (C=O) groups excluding carboxylic acids is 2. The van der Waals surface area contributed by atoms with Gasteiger partial charge in [-0.15, -0.1) is 0 Å². The Bertz CT molecular complexity index is 1120. The summed E-state index contributed by atoms with van der Waals surface area (Å²) in [4.78, 5) is 28.2. The van der Waals surface area contributed by atoms with E-state index < -0.39 is 17.7 Å². The maximum absolute atomic E-state index is 13.3. The first-order valence-electron chi connectivity index (χ1n) is 11.5. The first-order chi connectivity index (χ1) is 16.1. The molecule has 172 valence electrons. The second-order valence-electron chi connectivity index (χ2n) is 8.51. The van der Waals surface area contributed by atoms with Crippen LogP contribution < -0.4 is 14.2 Å². The monoisotopic (exact) mass is 449 g/mol. The summed E-state index contributed by atoms with van der Waals surface area (Å²) in [5.41, 5.74) is 1.25. The molecule has 3 aliphatic rings. The average Bonchev–Trinajstić information content (AvgIpc) is 3.45. The minimum absolute atomic E-state index is 0.0345. The zero-order valence-corrected chi connectivity index (χ0v) is 18.6. The van der Waals surface area contributed by atoms with Crippen molar-refractivity contribution >= 4 is 17.4 Å². The maximum atomic E-state index is 13.3. The van der Waals surface area contributed by atoms with E-state index in [0.717, 1.165) is 31.2 Å². The number of hydrogen-bond acceptors (Lipinski definition) is 6. The van der Waals surface area contributed by atoms with Crippen molar-refractivity contribution in [2.75, 3.05) is 19.8 Å². The lowest BCUT2D eigenvalue weighted by molar-refractivity contribution is -0.141. The molecule has 1 amide bonds. The lowest BCUT2D eigenvalue weighted by Gasteiger charge is -2.31. The summed E-state index contributed by atoms with van der Waals surface area (Å²) in [6.07, 6.45) is 3.72. The van der Waals surface area contributed by atoms with E-state index in [4.69, 9.17) is 14.2 Å². The third kappa shape index (κ3) is 3.81. The number of nitrogens with zero attached hydrogens (tertiary/aromatic N) is 1. The Morgan fingerprint density at radius 3 is 2.58 bits per heavy atom. The average molecular weight is 450 g/mol. The molecule has 2 fully saturated rings. The van der Waals surface area contributed by atoms with Crippen molar-refractivity contribution in [1.82, 2.24) is 4.90 Å². The third-order valence-electron chi connectivity index (χ3n) is 6.50. The van der Waals surface area contributed by atoms with Gasteiger partial charge in [-0.25, -0.2) is 0 Å². The molecule has 2 heterocycles. The molecular weight excluding hydrogens is 422 g/mol. The molecular formula is C26H27NO6. The van der Waals surface area contributed by atoms with Crippen molar-refractivity contribution in [2.24, 2.45) is 0 Å². The van der Waals surface area contributed by atoms with E-state index in [9.17, 15) is 14.7 Å². The Balaban J connectivity index is 1.64. The summed E-state index contributed by atoms with van der Waals surface area (Å²) in [6, 6.07) is 11.7. The molecule has 7 heteroatoms. The van der Waals surface area contributed by atoms with Crippen LogP contribution >= 0.6 is 0 Å². The predicted octanol–water partition coefficient (Wildman–Crippen LogP) is 4.22. The molecule has 0 radical (unpaired) electrons. The van der Waals surface area contributed by atoms with Gasteiger partial charge in [0, 0.05) is 11.6 Å². The number of carbonyl (C=O) groups is 2. The first kappa shape index (κ1) is 21.4. The normalized spacial score (nSPS) is 22.1. The number of hydrogen-bond donors (Lipinski definition) is 1. The van der Waals surface area contributed by atoms with E-state index in [1.807, 2.05) is 31.2 Å². The highest BCUT2D eigenvalue weighted by Crippen LogP contribution is 2.44. The Kier molecular flexibility index (Phi) is 5.70. The SMILES string of the molecule is CCOc1cccc(C2/C(=C(/O)c3ccc4c(c3)OCCO4)C(=O)C(=O)N2C2CCCC2)c1. The molecule has 0 spiro atoms. The molecule has 1 aliphatic carbocycles. The van der Waals surface area contributed by atoms with Gasteiger partial charge in [-0.1, -0.05) is 25.0 Å². The molecule has 1 saturated carbocycles. The Labute approximate surface area is 192 Å². The summed E-state index contributed by atoms with van der Waals surface area (Å²) < 4.78 is 16.9. The molecule has 0 aromatic heterocycles. The van der Waals surface area contributed by atoms with E-state index in [1.54, 1.807) is 23.1 Å². The fraction of sp³-hybridized carbons (Fsp3) is 0.385. The van der Waals surface area contributed by atoms with Crippen LogP contribution in [0.3, 0.4) is 0 Å². The van der Waals surface area contributed by atoms with Crippen molar-refractivity contribution in [3.63, 3.8) is 0 Å². The van der Waals surface area contributed by atoms with Crippen molar-refractivity contribution < 1.29 is 28.9 Å². The second kappa shape index (κ2) is 8.81. The van der Waals surface area contributed by atoms with Gasteiger partial charge in [0.2, 0.25) is 0 Å². The Morgan fingerprint density at radius 2 is 1.82 bits per heavy atom. The van der Waals surface area contributed by atoms with Gasteiger partial charge < -0.3 is 24.2 Å². The van der Waals surface area contributed by atoms with E-state index in [2.05, 4.69) is 0 Å². The van der Waals surface area contributed by atoms with Gasteiger partial charge in [0.15, 0.2) is 11.5 Å². The van der Waals surface area contributed by atoms with Crippen LogP contribution in [-0.4, -0.2) is 47.6 Å². The van der Waals surface area contributed by atoms with Gasteiger partial charge in [0.1, 0.15) is 24.7 Å². The largest absolute Gasteiger partial charge is 0.507 e. The third-order valence-corrected chi connectivity index (χ3v) is 6.50. The molecule has 1 saturated heterocycles. The van der Waals surface area contributed by atoms with E-state index >= 15 is 0 Å². The molecule has 33 heavy (non-hydrogen) atoms. The molecule has 5 rings (SSSR count). The van der Waals surface area contributed by atoms with Crippen molar-refractivity contribution in [2.45, 2.75) is 44.7 Å². The molecule has 2 aromatic rings. The highest BCUT2D eigenvalue weighted by molar-refractivity contribution is 6.46. The molecule has 2 aromatic carbocycles. The maximum Gasteiger partial charge on any atom is 0.295 e. The van der Waals surface area contributed by atoms with Crippen LogP contribution in [-0.2, 0) is 9.59 Å². The summed E-state index contributed by atoms with van der Waals surface area (Å²) in [5.74, 6) is 0.313. The smallest absolute Gasteiger partial charge is 0.295 e. The standard InChI is InChI=1S/C26H27NO6/c1-2-31-19-9-5-6-16(14-19)23-22(25(29)26(30)27(23)18-7-3-4-8-18)24(28)17-10-11-20-21(15-17)33-13-12-32-20/h5-6,9-11,14-15,18,23,28H,2-4,7-8,12-13H2,1H3/b24-22-. The minimum Gasteiger partial charge on any atom is -0.507 e. The number of ether oxygens (including phenoxy) is 3. The zero-order chi connectivity index (χ0) is 22.9. The summed E-state index contributed by atoms with van der Waals surface area (Å²) in [5, 5.41) is 11.3. The minimum atomic E-state index is -0.679. The fourth-order valence-corrected chi connectivity index (χ4v) is 5.02. The summed E-state index contributed by atoms with van der Waals surface area (Å²) in [7, 11) is 0. The molecule has 1 unspecified atom stereocenters. The number of benzene rings is 2.